The lowest BCUT2D eigenvalue weighted by Gasteiger charge is -2.00. The molecule has 0 amide bonds. The first kappa shape index (κ1) is 12.1. The molecule has 0 aliphatic rings. The van der Waals surface area contributed by atoms with Crippen LogP contribution in [0.1, 0.15) is 18.6 Å². The van der Waals surface area contributed by atoms with Gasteiger partial charge in [-0.15, -0.1) is 0 Å². The molecule has 3 rings (SSSR count). The minimum Gasteiger partial charge on any atom is -0.444 e. The average molecular weight is 277 g/mol. The molecule has 0 spiro atoms. The number of nitrogens with zero attached hydrogens (tertiary/aromatic N) is 2. The van der Waals surface area contributed by atoms with E-state index in [9.17, 15) is 4.39 Å². The van der Waals surface area contributed by atoms with Gasteiger partial charge in [-0.25, -0.2) is 9.37 Å². The zero-order valence-corrected chi connectivity index (χ0v) is 11.1. The van der Waals surface area contributed by atoms with Gasteiger partial charge in [0.1, 0.15) is 23.6 Å². The van der Waals surface area contributed by atoms with Crippen molar-refractivity contribution in [2.75, 3.05) is 0 Å². The summed E-state index contributed by atoms with van der Waals surface area (Å²) in [5, 5.41) is 0. The van der Waals surface area contributed by atoms with Gasteiger partial charge in [-0.05, 0) is 24.4 Å². The summed E-state index contributed by atoms with van der Waals surface area (Å²) in [5.41, 5.74) is 1.12. The minimum atomic E-state index is -0.316. The fourth-order valence-corrected chi connectivity index (χ4v) is 2.29. The summed E-state index contributed by atoms with van der Waals surface area (Å²) in [7, 11) is 0. The fraction of sp³-hybridized carbons (Fsp3) is 0.231. The number of hydrogen-bond donors (Lipinski definition) is 1. The maximum absolute atomic E-state index is 13.6. The Morgan fingerprint density at radius 2 is 2.32 bits per heavy atom. The number of hydrogen-bond acceptors (Lipinski definition) is 3. The van der Waals surface area contributed by atoms with Gasteiger partial charge in [-0.1, -0.05) is 13.0 Å². The summed E-state index contributed by atoms with van der Waals surface area (Å²) in [4.78, 5) is 7.06. The van der Waals surface area contributed by atoms with Crippen LogP contribution in [0.15, 0.2) is 28.8 Å². The van der Waals surface area contributed by atoms with Crippen LogP contribution in [0.3, 0.4) is 0 Å². The Hall–Kier alpha value is -1.95. The van der Waals surface area contributed by atoms with Crippen molar-refractivity contribution in [2.24, 2.45) is 0 Å². The molecule has 4 nitrogen and oxygen atoms in total. The Labute approximate surface area is 113 Å². The molecule has 0 bridgehead atoms. The molecule has 2 aromatic heterocycles. The molecule has 98 valence electrons. The zero-order chi connectivity index (χ0) is 13.4. The molecule has 0 radical (unpaired) electrons. The maximum Gasteiger partial charge on any atom is 0.214 e. The first-order chi connectivity index (χ1) is 9.19. The lowest BCUT2D eigenvalue weighted by molar-refractivity contribution is 0.447. The predicted octanol–water partition coefficient (Wildman–Crippen LogP) is 3.44. The van der Waals surface area contributed by atoms with Gasteiger partial charge >= 0.3 is 0 Å². The van der Waals surface area contributed by atoms with E-state index in [0.717, 1.165) is 12.2 Å². The fourth-order valence-electron chi connectivity index (χ4n) is 2.02. The number of rotatable bonds is 3. The minimum absolute atomic E-state index is 0.316. The lowest BCUT2D eigenvalue weighted by Crippen LogP contribution is -1.99. The van der Waals surface area contributed by atoms with E-state index in [0.29, 0.717) is 28.2 Å². The van der Waals surface area contributed by atoms with Gasteiger partial charge in [0.25, 0.3) is 0 Å². The van der Waals surface area contributed by atoms with Crippen LogP contribution in [0.5, 0.6) is 0 Å². The Kier molecular flexibility index (Phi) is 2.94. The first-order valence-electron chi connectivity index (χ1n) is 5.99. The lowest BCUT2D eigenvalue weighted by atomic mass is 10.3. The third-order valence-electron chi connectivity index (χ3n) is 3.00. The molecule has 2 heterocycles. The number of benzene rings is 1. The van der Waals surface area contributed by atoms with Crippen molar-refractivity contribution >= 4 is 23.3 Å². The Balaban J connectivity index is 2.07. The van der Waals surface area contributed by atoms with Gasteiger partial charge in [0.05, 0.1) is 11.7 Å². The van der Waals surface area contributed by atoms with Crippen LogP contribution < -0.4 is 0 Å². The number of oxazole rings is 1. The van der Waals surface area contributed by atoms with Gasteiger partial charge < -0.3 is 14.0 Å². The van der Waals surface area contributed by atoms with Crippen LogP contribution in [0.4, 0.5) is 4.39 Å². The summed E-state index contributed by atoms with van der Waals surface area (Å²) in [6, 6.07) is 4.87. The van der Waals surface area contributed by atoms with Crippen LogP contribution >= 0.6 is 12.2 Å². The van der Waals surface area contributed by atoms with E-state index < -0.39 is 0 Å². The van der Waals surface area contributed by atoms with Crippen LogP contribution in [0.25, 0.3) is 11.0 Å². The van der Waals surface area contributed by atoms with Crippen molar-refractivity contribution < 1.29 is 8.81 Å². The number of fused-ring (bicyclic) bond motifs is 1. The van der Waals surface area contributed by atoms with Crippen molar-refractivity contribution in [1.29, 1.82) is 0 Å². The molecule has 0 aliphatic heterocycles. The van der Waals surface area contributed by atoms with Crippen LogP contribution in [-0.2, 0) is 13.0 Å². The second-order valence-electron chi connectivity index (χ2n) is 4.22. The zero-order valence-electron chi connectivity index (χ0n) is 10.3. The number of para-hydroxylation sites is 1. The van der Waals surface area contributed by atoms with E-state index in [2.05, 4.69) is 9.97 Å². The topological polar surface area (TPSA) is 46.8 Å². The number of H-pyrrole nitrogens is 1. The van der Waals surface area contributed by atoms with Crippen molar-refractivity contribution in [2.45, 2.75) is 19.9 Å². The van der Waals surface area contributed by atoms with Crippen LogP contribution in [-0.4, -0.2) is 14.5 Å². The average Bonchev–Trinajstić information content (AvgIpc) is 2.97. The van der Waals surface area contributed by atoms with Gasteiger partial charge in [0, 0.05) is 6.42 Å². The molecule has 1 aromatic carbocycles. The van der Waals surface area contributed by atoms with Crippen molar-refractivity contribution in [3.8, 4) is 0 Å². The SMILES string of the molecule is CCc1cnc(Cn2c(=S)[nH]c3c(F)cccc32)o1. The number of aromatic nitrogens is 3. The van der Waals surface area contributed by atoms with Gasteiger partial charge in [0.2, 0.25) is 5.89 Å². The third-order valence-corrected chi connectivity index (χ3v) is 3.33. The van der Waals surface area contributed by atoms with E-state index in [1.54, 1.807) is 16.8 Å². The second-order valence-corrected chi connectivity index (χ2v) is 4.61. The number of aryl methyl sites for hydroxylation is 1. The van der Waals surface area contributed by atoms with Crippen molar-refractivity contribution in [3.05, 3.63) is 46.6 Å². The molecule has 0 atom stereocenters. The molecule has 19 heavy (non-hydrogen) atoms. The summed E-state index contributed by atoms with van der Waals surface area (Å²) in [5.74, 6) is 1.08. The van der Waals surface area contributed by atoms with Crippen LogP contribution in [0, 0.1) is 10.6 Å². The summed E-state index contributed by atoms with van der Waals surface area (Å²) in [6.45, 7) is 2.39. The number of imidazole rings is 1. The Morgan fingerprint density at radius 3 is 3.05 bits per heavy atom. The number of halogens is 1. The molecule has 0 unspecified atom stereocenters. The van der Waals surface area contributed by atoms with Gasteiger partial charge in [-0.3, -0.25) is 0 Å². The standard InChI is InChI=1S/C13H12FN3OS/c1-2-8-6-15-11(18-8)7-17-10-5-3-4-9(14)12(10)16-13(17)19/h3-6H,2,7H2,1H3,(H,16,19). The number of aromatic amines is 1. The molecule has 0 saturated heterocycles. The maximum atomic E-state index is 13.6. The highest BCUT2D eigenvalue weighted by atomic mass is 32.1. The molecule has 0 fully saturated rings. The summed E-state index contributed by atoms with van der Waals surface area (Å²) in [6.07, 6.45) is 2.50. The highest BCUT2D eigenvalue weighted by Gasteiger charge is 2.11. The van der Waals surface area contributed by atoms with Crippen molar-refractivity contribution in [1.82, 2.24) is 14.5 Å². The smallest absolute Gasteiger partial charge is 0.214 e. The first-order valence-corrected chi connectivity index (χ1v) is 6.40. The van der Waals surface area contributed by atoms with E-state index >= 15 is 0 Å². The molecule has 0 saturated carbocycles. The second kappa shape index (κ2) is 4.62. The number of nitrogens with one attached hydrogen (secondary N) is 1. The predicted molar refractivity (Wildman–Crippen MR) is 72.1 cm³/mol. The van der Waals surface area contributed by atoms with E-state index in [1.807, 2.05) is 13.0 Å². The molecular formula is C13H12FN3OS. The third kappa shape index (κ3) is 2.08. The summed E-state index contributed by atoms with van der Waals surface area (Å²) < 4.78 is 21.4. The summed E-state index contributed by atoms with van der Waals surface area (Å²) >= 11 is 5.22. The molecular weight excluding hydrogens is 265 g/mol. The van der Waals surface area contributed by atoms with Gasteiger partial charge in [0.15, 0.2) is 4.77 Å². The Bertz CT molecular complexity index is 787. The molecule has 0 aliphatic carbocycles. The largest absolute Gasteiger partial charge is 0.444 e. The molecule has 3 aromatic rings. The van der Waals surface area contributed by atoms with Gasteiger partial charge in [-0.2, -0.15) is 0 Å². The van der Waals surface area contributed by atoms with E-state index in [-0.39, 0.29) is 5.82 Å². The Morgan fingerprint density at radius 1 is 1.47 bits per heavy atom. The molecule has 1 N–H and O–H groups in total. The quantitative estimate of drug-likeness (QED) is 0.746. The monoisotopic (exact) mass is 277 g/mol. The van der Waals surface area contributed by atoms with E-state index in [4.69, 9.17) is 16.6 Å². The highest BCUT2D eigenvalue weighted by Crippen LogP contribution is 2.18. The molecule has 6 heteroatoms. The van der Waals surface area contributed by atoms with Crippen molar-refractivity contribution in [3.63, 3.8) is 0 Å². The highest BCUT2D eigenvalue weighted by molar-refractivity contribution is 7.71. The normalized spacial score (nSPS) is 11.3. The van der Waals surface area contributed by atoms with Crippen LogP contribution in [0.2, 0.25) is 0 Å². The van der Waals surface area contributed by atoms with E-state index in [1.165, 1.54) is 6.07 Å².